The number of amides is 1. The molecular formula is C10H12ClNO3. The average Bonchev–Trinajstić information content (AvgIpc) is 2.19. The summed E-state index contributed by atoms with van der Waals surface area (Å²) < 4.78 is 0. The zero-order valence-electron chi connectivity index (χ0n) is 8.24. The molecule has 0 aliphatic rings. The number of hydrogen-bond acceptors (Lipinski definition) is 2. The van der Waals surface area contributed by atoms with Gasteiger partial charge in [-0.05, 0) is 24.3 Å². The molecule has 0 heterocycles. The Morgan fingerprint density at radius 3 is 2.00 bits per heavy atom. The van der Waals surface area contributed by atoms with Gasteiger partial charge in [0.2, 0.25) is 5.91 Å². The van der Waals surface area contributed by atoms with Crippen LogP contribution in [0.3, 0.4) is 0 Å². The second kappa shape index (κ2) is 6.84. The molecule has 4 nitrogen and oxygen atoms in total. The number of carboxylic acid groups (broad SMARTS) is 1. The Labute approximate surface area is 92.7 Å². The second-order valence-electron chi connectivity index (χ2n) is 2.62. The lowest BCUT2D eigenvalue weighted by Gasteiger charge is -1.92. The molecule has 0 saturated heterocycles. The lowest BCUT2D eigenvalue weighted by atomic mass is 10.2. The van der Waals surface area contributed by atoms with Gasteiger partial charge in [0.05, 0.1) is 0 Å². The third-order valence-electron chi connectivity index (χ3n) is 1.43. The van der Waals surface area contributed by atoms with Crippen molar-refractivity contribution in [2.24, 2.45) is 5.73 Å². The number of primary amides is 1. The number of aliphatic carboxylic acids is 1. The Bertz CT molecular complexity index is 335. The molecule has 0 radical (unpaired) electrons. The molecule has 3 N–H and O–H groups in total. The summed E-state index contributed by atoms with van der Waals surface area (Å²) in [6.07, 6.45) is 0.222. The van der Waals surface area contributed by atoms with Crippen LogP contribution in [-0.2, 0) is 4.79 Å². The first-order valence-electron chi connectivity index (χ1n) is 4.24. The molecule has 15 heavy (non-hydrogen) atoms. The van der Waals surface area contributed by atoms with E-state index in [2.05, 4.69) is 0 Å². The molecule has 1 rings (SSSR count). The number of carbonyl (C=O) groups excluding carboxylic acids is 1. The minimum absolute atomic E-state index is 0.222. The summed E-state index contributed by atoms with van der Waals surface area (Å²) in [5.41, 5.74) is 5.46. The number of nitrogens with two attached hydrogens (primary N) is 1. The lowest BCUT2D eigenvalue weighted by molar-refractivity contribution is -0.136. The fraction of sp³-hybridized carbons (Fsp3) is 0.200. The highest BCUT2D eigenvalue weighted by Crippen LogP contribution is 2.08. The molecule has 0 fully saturated rings. The minimum Gasteiger partial charge on any atom is -0.481 e. The monoisotopic (exact) mass is 229 g/mol. The predicted octanol–water partition coefficient (Wildman–Crippen LogP) is 1.92. The van der Waals surface area contributed by atoms with Crippen LogP contribution in [0.1, 0.15) is 23.7 Å². The van der Waals surface area contributed by atoms with E-state index in [9.17, 15) is 9.59 Å². The van der Waals surface area contributed by atoms with E-state index in [1.165, 1.54) is 0 Å². The molecular weight excluding hydrogens is 218 g/mol. The van der Waals surface area contributed by atoms with Gasteiger partial charge in [-0.15, -0.1) is 0 Å². The molecule has 0 aromatic heterocycles. The SMILES string of the molecule is CCC(=O)O.NC(=O)c1ccc(Cl)cc1. The molecule has 1 aromatic carbocycles. The Balaban J connectivity index is 0.000000336. The average molecular weight is 230 g/mol. The molecule has 0 aliphatic heterocycles. The van der Waals surface area contributed by atoms with Gasteiger partial charge >= 0.3 is 5.97 Å². The van der Waals surface area contributed by atoms with Crippen molar-refractivity contribution in [2.45, 2.75) is 13.3 Å². The summed E-state index contributed by atoms with van der Waals surface area (Å²) in [5.74, 6) is -1.18. The van der Waals surface area contributed by atoms with E-state index in [1.54, 1.807) is 31.2 Å². The number of halogens is 1. The van der Waals surface area contributed by atoms with Crippen LogP contribution >= 0.6 is 11.6 Å². The third kappa shape index (κ3) is 6.51. The van der Waals surface area contributed by atoms with Crippen LogP contribution in [-0.4, -0.2) is 17.0 Å². The summed E-state index contributed by atoms with van der Waals surface area (Å²) in [5, 5.41) is 8.32. The van der Waals surface area contributed by atoms with E-state index < -0.39 is 11.9 Å². The van der Waals surface area contributed by atoms with Crippen LogP contribution in [0.2, 0.25) is 5.02 Å². The number of hydrogen-bond donors (Lipinski definition) is 2. The highest BCUT2D eigenvalue weighted by Gasteiger charge is 1.96. The van der Waals surface area contributed by atoms with Crippen molar-refractivity contribution in [3.63, 3.8) is 0 Å². The van der Waals surface area contributed by atoms with Crippen LogP contribution in [0.4, 0.5) is 0 Å². The van der Waals surface area contributed by atoms with Crippen molar-refractivity contribution >= 4 is 23.5 Å². The molecule has 0 aliphatic carbocycles. The summed E-state index contributed by atoms with van der Waals surface area (Å²) in [6, 6.07) is 6.43. The fourth-order valence-electron chi connectivity index (χ4n) is 0.614. The van der Waals surface area contributed by atoms with Gasteiger partial charge < -0.3 is 10.8 Å². The van der Waals surface area contributed by atoms with Crippen molar-refractivity contribution < 1.29 is 14.7 Å². The minimum atomic E-state index is -0.745. The summed E-state index contributed by atoms with van der Waals surface area (Å²) in [7, 11) is 0. The number of carboxylic acids is 1. The van der Waals surface area contributed by atoms with Crippen LogP contribution in [0.15, 0.2) is 24.3 Å². The van der Waals surface area contributed by atoms with E-state index >= 15 is 0 Å². The lowest BCUT2D eigenvalue weighted by Crippen LogP contribution is -2.10. The maximum absolute atomic E-state index is 10.5. The van der Waals surface area contributed by atoms with Crippen LogP contribution in [0.25, 0.3) is 0 Å². The smallest absolute Gasteiger partial charge is 0.303 e. The van der Waals surface area contributed by atoms with E-state index in [0.717, 1.165) is 0 Å². The normalized spacial score (nSPS) is 8.67. The van der Waals surface area contributed by atoms with Crippen LogP contribution in [0.5, 0.6) is 0 Å². The fourth-order valence-corrected chi connectivity index (χ4v) is 0.740. The van der Waals surface area contributed by atoms with Gasteiger partial charge in [0.25, 0.3) is 0 Å². The van der Waals surface area contributed by atoms with Gasteiger partial charge in [-0.3, -0.25) is 9.59 Å². The first-order valence-corrected chi connectivity index (χ1v) is 4.62. The van der Waals surface area contributed by atoms with Gasteiger partial charge in [0.1, 0.15) is 0 Å². The van der Waals surface area contributed by atoms with E-state index in [0.29, 0.717) is 10.6 Å². The zero-order valence-corrected chi connectivity index (χ0v) is 8.99. The topological polar surface area (TPSA) is 80.4 Å². The van der Waals surface area contributed by atoms with Gasteiger partial charge in [0.15, 0.2) is 0 Å². The van der Waals surface area contributed by atoms with Crippen LogP contribution in [0, 0.1) is 0 Å². The highest BCUT2D eigenvalue weighted by molar-refractivity contribution is 6.30. The van der Waals surface area contributed by atoms with Gasteiger partial charge in [-0.25, -0.2) is 0 Å². The number of benzene rings is 1. The molecule has 0 atom stereocenters. The number of rotatable bonds is 2. The molecule has 0 saturated carbocycles. The predicted molar refractivity (Wildman–Crippen MR) is 57.9 cm³/mol. The van der Waals surface area contributed by atoms with Gasteiger partial charge in [-0.1, -0.05) is 18.5 Å². The van der Waals surface area contributed by atoms with Crippen molar-refractivity contribution in [1.82, 2.24) is 0 Å². The van der Waals surface area contributed by atoms with E-state index in [4.69, 9.17) is 22.4 Å². The standard InChI is InChI=1S/C7H6ClNO.C3H6O2/c8-6-3-1-5(2-4-6)7(9)10;1-2-3(4)5/h1-4H,(H2,9,10);2H2,1H3,(H,4,5). The molecule has 0 spiro atoms. The Morgan fingerprint density at radius 2 is 1.73 bits per heavy atom. The summed E-state index contributed by atoms with van der Waals surface area (Å²) in [6.45, 7) is 1.60. The van der Waals surface area contributed by atoms with E-state index in [1.807, 2.05) is 0 Å². The van der Waals surface area contributed by atoms with Gasteiger partial charge in [0, 0.05) is 17.0 Å². The van der Waals surface area contributed by atoms with E-state index in [-0.39, 0.29) is 6.42 Å². The maximum Gasteiger partial charge on any atom is 0.303 e. The highest BCUT2D eigenvalue weighted by atomic mass is 35.5. The third-order valence-corrected chi connectivity index (χ3v) is 1.68. The maximum atomic E-state index is 10.5. The van der Waals surface area contributed by atoms with Crippen molar-refractivity contribution in [2.75, 3.05) is 0 Å². The summed E-state index contributed by atoms with van der Waals surface area (Å²) >= 11 is 5.56. The summed E-state index contributed by atoms with van der Waals surface area (Å²) in [4.78, 5) is 19.9. The molecule has 0 unspecified atom stereocenters. The first-order chi connectivity index (χ1) is 6.97. The Hall–Kier alpha value is -1.55. The van der Waals surface area contributed by atoms with Gasteiger partial charge in [-0.2, -0.15) is 0 Å². The molecule has 82 valence electrons. The zero-order chi connectivity index (χ0) is 11.8. The largest absolute Gasteiger partial charge is 0.481 e. The molecule has 5 heteroatoms. The number of carbonyl (C=O) groups is 2. The molecule has 1 aromatic rings. The van der Waals surface area contributed by atoms with Crippen molar-refractivity contribution in [1.29, 1.82) is 0 Å². The molecule has 1 amide bonds. The quantitative estimate of drug-likeness (QED) is 0.813. The van der Waals surface area contributed by atoms with Crippen LogP contribution < -0.4 is 5.73 Å². The Morgan fingerprint density at radius 1 is 1.33 bits per heavy atom. The Kier molecular flexibility index (Phi) is 6.13. The molecule has 0 bridgehead atoms. The van der Waals surface area contributed by atoms with Crippen molar-refractivity contribution in [3.8, 4) is 0 Å². The second-order valence-corrected chi connectivity index (χ2v) is 3.05. The van der Waals surface area contributed by atoms with Crippen molar-refractivity contribution in [3.05, 3.63) is 34.9 Å². The first kappa shape index (κ1) is 13.5.